The van der Waals surface area contributed by atoms with Crippen LogP contribution in [-0.4, -0.2) is 40.2 Å². The lowest BCUT2D eigenvalue weighted by molar-refractivity contribution is -0.128. The number of nitrogens with zero attached hydrogens (tertiary/aromatic N) is 3. The molecule has 1 aromatic rings. The van der Waals surface area contributed by atoms with E-state index >= 15 is 0 Å². The third-order valence-corrected chi connectivity index (χ3v) is 3.73. The molecule has 0 aliphatic carbocycles. The Balaban J connectivity index is 2.77. The van der Waals surface area contributed by atoms with E-state index in [1.165, 1.54) is 4.68 Å². The van der Waals surface area contributed by atoms with Gasteiger partial charge in [-0.1, -0.05) is 6.92 Å². The molecule has 0 spiro atoms. The molecule has 1 amide bonds. The van der Waals surface area contributed by atoms with Crippen LogP contribution in [0.1, 0.15) is 27.2 Å². The first-order valence-corrected chi connectivity index (χ1v) is 7.61. The van der Waals surface area contributed by atoms with Gasteiger partial charge < -0.3 is 10.2 Å². The average Bonchev–Trinajstić information content (AvgIpc) is 2.44. The lowest BCUT2D eigenvalue weighted by Gasteiger charge is -2.19. The minimum absolute atomic E-state index is 0.000336. The number of rotatable bonds is 7. The lowest BCUT2D eigenvalue weighted by atomic mass is 10.4. The van der Waals surface area contributed by atoms with Crippen LogP contribution in [0, 0.1) is 0 Å². The fourth-order valence-electron chi connectivity index (χ4n) is 1.82. The van der Waals surface area contributed by atoms with E-state index in [-0.39, 0.29) is 18.0 Å². The van der Waals surface area contributed by atoms with E-state index in [0.29, 0.717) is 29.8 Å². The van der Waals surface area contributed by atoms with Gasteiger partial charge in [0.1, 0.15) is 4.47 Å². The topological polar surface area (TPSA) is 67.2 Å². The highest BCUT2D eigenvalue weighted by atomic mass is 79.9. The van der Waals surface area contributed by atoms with E-state index in [9.17, 15) is 9.59 Å². The Hall–Kier alpha value is -1.37. The molecule has 112 valence electrons. The Labute approximate surface area is 127 Å². The van der Waals surface area contributed by atoms with Crippen molar-refractivity contribution in [1.29, 1.82) is 0 Å². The smallest absolute Gasteiger partial charge is 0.283 e. The minimum atomic E-state index is -0.188. The first-order chi connectivity index (χ1) is 9.54. The third kappa shape index (κ3) is 4.06. The third-order valence-electron chi connectivity index (χ3n) is 2.97. The lowest BCUT2D eigenvalue weighted by Crippen LogP contribution is -2.35. The molecule has 6 nitrogen and oxygen atoms in total. The monoisotopic (exact) mass is 344 g/mol. The molecule has 1 rings (SSSR count). The average molecular weight is 345 g/mol. The molecule has 0 aliphatic rings. The molecule has 0 radical (unpaired) electrons. The van der Waals surface area contributed by atoms with Crippen LogP contribution in [0.2, 0.25) is 0 Å². The summed E-state index contributed by atoms with van der Waals surface area (Å²) in [6, 6.07) is 0. The number of aromatic nitrogens is 2. The summed E-state index contributed by atoms with van der Waals surface area (Å²) in [5.41, 5.74) is 0.356. The zero-order chi connectivity index (χ0) is 15.1. The second-order valence-corrected chi connectivity index (χ2v) is 5.11. The molecule has 7 heteroatoms. The summed E-state index contributed by atoms with van der Waals surface area (Å²) >= 11 is 3.26. The molecular weight excluding hydrogens is 324 g/mol. The number of likely N-dealkylation sites (N-methyl/N-ethyl adjacent to an activating group) is 1. The number of aryl methyl sites for hydroxylation is 1. The fraction of sp³-hybridized carbons (Fsp3) is 0.615. The first-order valence-electron chi connectivity index (χ1n) is 6.82. The Morgan fingerprint density at radius 1 is 1.40 bits per heavy atom. The first kappa shape index (κ1) is 16.7. The van der Waals surface area contributed by atoms with Crippen LogP contribution in [0.25, 0.3) is 0 Å². The van der Waals surface area contributed by atoms with E-state index in [4.69, 9.17) is 0 Å². The quantitative estimate of drug-likeness (QED) is 0.817. The van der Waals surface area contributed by atoms with Gasteiger partial charge in [0.2, 0.25) is 5.91 Å². The van der Waals surface area contributed by atoms with Crippen molar-refractivity contribution in [3.05, 3.63) is 21.0 Å². The number of amides is 1. The van der Waals surface area contributed by atoms with Gasteiger partial charge in [-0.3, -0.25) is 9.59 Å². The second kappa shape index (κ2) is 8.04. The van der Waals surface area contributed by atoms with E-state index in [1.54, 1.807) is 11.1 Å². The van der Waals surface area contributed by atoms with Gasteiger partial charge in [-0.2, -0.15) is 5.10 Å². The maximum absolute atomic E-state index is 12.0. The van der Waals surface area contributed by atoms with Crippen LogP contribution >= 0.6 is 15.9 Å². The molecule has 0 aromatic carbocycles. The number of nitrogens with one attached hydrogen (secondary N) is 1. The van der Waals surface area contributed by atoms with Crippen molar-refractivity contribution in [1.82, 2.24) is 14.7 Å². The van der Waals surface area contributed by atoms with E-state index in [1.807, 2.05) is 20.8 Å². The molecular formula is C13H21BrN4O2. The Bertz CT molecular complexity index is 512. The summed E-state index contributed by atoms with van der Waals surface area (Å²) in [6.45, 7) is 7.94. The standard InChI is InChI=1S/C13H21BrN4O2/c1-4-7-18-13(20)12(14)10(8-16-18)15-9-11(19)17(5-2)6-3/h8,15H,4-7,9H2,1-3H3. The van der Waals surface area contributed by atoms with Crippen LogP contribution in [0.5, 0.6) is 0 Å². The Morgan fingerprint density at radius 2 is 2.05 bits per heavy atom. The van der Waals surface area contributed by atoms with Gasteiger partial charge in [0, 0.05) is 19.6 Å². The van der Waals surface area contributed by atoms with Crippen molar-refractivity contribution in [2.45, 2.75) is 33.7 Å². The molecule has 0 unspecified atom stereocenters. The largest absolute Gasteiger partial charge is 0.374 e. The summed E-state index contributed by atoms with van der Waals surface area (Å²) < 4.78 is 1.81. The minimum Gasteiger partial charge on any atom is -0.374 e. The van der Waals surface area contributed by atoms with Crippen LogP contribution in [-0.2, 0) is 11.3 Å². The summed E-state index contributed by atoms with van der Waals surface area (Å²) in [7, 11) is 0. The molecule has 0 atom stereocenters. The van der Waals surface area contributed by atoms with Crippen molar-refractivity contribution >= 4 is 27.5 Å². The van der Waals surface area contributed by atoms with E-state index in [2.05, 4.69) is 26.3 Å². The van der Waals surface area contributed by atoms with Crippen LogP contribution in [0.3, 0.4) is 0 Å². The van der Waals surface area contributed by atoms with Gasteiger partial charge in [0.05, 0.1) is 18.4 Å². The van der Waals surface area contributed by atoms with Gasteiger partial charge >= 0.3 is 0 Å². The second-order valence-electron chi connectivity index (χ2n) is 4.32. The molecule has 1 aromatic heterocycles. The molecule has 20 heavy (non-hydrogen) atoms. The maximum atomic E-state index is 12.0. The van der Waals surface area contributed by atoms with Crippen molar-refractivity contribution < 1.29 is 4.79 Å². The summed E-state index contributed by atoms with van der Waals surface area (Å²) in [5, 5.41) is 7.04. The summed E-state index contributed by atoms with van der Waals surface area (Å²) in [6.07, 6.45) is 2.41. The van der Waals surface area contributed by atoms with Crippen LogP contribution < -0.4 is 10.9 Å². The van der Waals surface area contributed by atoms with E-state index < -0.39 is 0 Å². The zero-order valence-electron chi connectivity index (χ0n) is 12.1. The predicted octanol–water partition coefficient (Wildman–Crippen LogP) is 1.70. The molecule has 0 saturated carbocycles. The number of carbonyl (C=O) groups excluding carboxylic acids is 1. The van der Waals surface area contributed by atoms with Crippen molar-refractivity contribution in [2.75, 3.05) is 25.0 Å². The Kier molecular flexibility index (Phi) is 6.70. The Morgan fingerprint density at radius 3 is 2.60 bits per heavy atom. The molecule has 0 saturated heterocycles. The number of anilines is 1. The normalized spacial score (nSPS) is 10.4. The number of halogens is 1. The van der Waals surface area contributed by atoms with Crippen molar-refractivity contribution in [3.8, 4) is 0 Å². The van der Waals surface area contributed by atoms with Gasteiger partial charge in [-0.05, 0) is 36.2 Å². The van der Waals surface area contributed by atoms with Gasteiger partial charge in [0.25, 0.3) is 5.56 Å². The molecule has 1 N–H and O–H groups in total. The summed E-state index contributed by atoms with van der Waals surface area (Å²) in [5.74, 6) is -0.000336. The highest BCUT2D eigenvalue weighted by Gasteiger charge is 2.12. The van der Waals surface area contributed by atoms with Crippen molar-refractivity contribution in [2.24, 2.45) is 0 Å². The van der Waals surface area contributed by atoms with E-state index in [0.717, 1.165) is 6.42 Å². The number of hydrogen-bond acceptors (Lipinski definition) is 4. The SMILES string of the molecule is CCCn1ncc(NCC(=O)N(CC)CC)c(Br)c1=O. The maximum Gasteiger partial charge on any atom is 0.283 e. The van der Waals surface area contributed by atoms with Crippen LogP contribution in [0.4, 0.5) is 5.69 Å². The molecule has 0 bridgehead atoms. The van der Waals surface area contributed by atoms with Gasteiger partial charge in [-0.15, -0.1) is 0 Å². The van der Waals surface area contributed by atoms with Gasteiger partial charge in [-0.25, -0.2) is 4.68 Å². The predicted molar refractivity (Wildman–Crippen MR) is 82.9 cm³/mol. The van der Waals surface area contributed by atoms with Gasteiger partial charge in [0.15, 0.2) is 0 Å². The molecule has 1 heterocycles. The number of carbonyl (C=O) groups is 1. The van der Waals surface area contributed by atoms with Crippen LogP contribution in [0.15, 0.2) is 15.5 Å². The zero-order valence-corrected chi connectivity index (χ0v) is 13.7. The fourth-order valence-corrected chi connectivity index (χ4v) is 2.27. The summed E-state index contributed by atoms with van der Waals surface area (Å²) in [4.78, 5) is 25.6. The highest BCUT2D eigenvalue weighted by molar-refractivity contribution is 9.10. The number of hydrogen-bond donors (Lipinski definition) is 1. The molecule has 0 aliphatic heterocycles. The van der Waals surface area contributed by atoms with Crippen molar-refractivity contribution in [3.63, 3.8) is 0 Å². The highest BCUT2D eigenvalue weighted by Crippen LogP contribution is 2.15. The molecule has 0 fully saturated rings.